The molecule has 1 saturated heterocycles. The summed E-state index contributed by atoms with van der Waals surface area (Å²) in [6.07, 6.45) is 0.707. The minimum Gasteiger partial charge on any atom is -0.351 e. The number of likely N-dealkylation sites (tertiary alicyclic amines) is 1. The predicted octanol–water partition coefficient (Wildman–Crippen LogP) is 3.61. The summed E-state index contributed by atoms with van der Waals surface area (Å²) in [4.78, 5) is 26.7. The largest absolute Gasteiger partial charge is 0.351 e. The van der Waals surface area contributed by atoms with Gasteiger partial charge in [0.25, 0.3) is 0 Å². The van der Waals surface area contributed by atoms with E-state index in [9.17, 15) is 9.59 Å². The minimum atomic E-state index is -0.125. The molecule has 142 valence electrons. The first kappa shape index (κ1) is 18.2. The Hall–Kier alpha value is -3.14. The third-order valence-corrected chi connectivity index (χ3v) is 5.31. The third-order valence-electron chi connectivity index (χ3n) is 5.31. The number of rotatable bonds is 5. The van der Waals surface area contributed by atoms with Crippen LogP contribution in [0, 0.1) is 6.92 Å². The van der Waals surface area contributed by atoms with Crippen molar-refractivity contribution >= 4 is 22.6 Å². The number of benzene rings is 3. The van der Waals surface area contributed by atoms with Crippen molar-refractivity contribution in [1.82, 2.24) is 10.2 Å². The molecule has 4 rings (SSSR count). The van der Waals surface area contributed by atoms with Gasteiger partial charge in [0.05, 0.1) is 12.5 Å². The zero-order chi connectivity index (χ0) is 19.5. The van der Waals surface area contributed by atoms with Crippen molar-refractivity contribution in [2.24, 2.45) is 0 Å². The second-order valence-electron chi connectivity index (χ2n) is 7.54. The Morgan fingerprint density at radius 2 is 1.79 bits per heavy atom. The van der Waals surface area contributed by atoms with Crippen LogP contribution in [0.2, 0.25) is 0 Å². The van der Waals surface area contributed by atoms with Crippen LogP contribution in [0.1, 0.15) is 23.1 Å². The fraction of sp³-hybridized carbons (Fsp3) is 0.250. The van der Waals surface area contributed by atoms with E-state index in [2.05, 4.69) is 29.6 Å². The highest BCUT2D eigenvalue weighted by Gasteiger charge is 2.30. The van der Waals surface area contributed by atoms with Crippen molar-refractivity contribution in [1.29, 1.82) is 0 Å². The molecular formula is C24H24N2O2. The third kappa shape index (κ3) is 4.06. The molecule has 3 aromatic carbocycles. The highest BCUT2D eigenvalue weighted by Crippen LogP contribution is 2.22. The lowest BCUT2D eigenvalue weighted by Gasteiger charge is -2.18. The van der Waals surface area contributed by atoms with Crippen LogP contribution in [-0.2, 0) is 22.6 Å². The number of aryl methyl sites for hydroxylation is 1. The normalized spacial score (nSPS) is 16.5. The SMILES string of the molecule is Cc1ccc(CC(=O)N[C@H]2CC(=O)N(Cc3cccc4ccccc34)C2)cc1. The second kappa shape index (κ2) is 7.85. The Kier molecular flexibility index (Phi) is 5.11. The summed E-state index contributed by atoms with van der Waals surface area (Å²) in [6, 6.07) is 22.2. The number of hydrogen-bond donors (Lipinski definition) is 1. The number of fused-ring (bicyclic) bond motifs is 1. The average Bonchev–Trinajstić information content (AvgIpc) is 3.02. The molecule has 1 heterocycles. The van der Waals surface area contributed by atoms with Gasteiger partial charge < -0.3 is 10.2 Å². The van der Waals surface area contributed by atoms with E-state index >= 15 is 0 Å². The highest BCUT2D eigenvalue weighted by molar-refractivity contribution is 5.87. The Balaban J connectivity index is 1.38. The van der Waals surface area contributed by atoms with Crippen LogP contribution in [-0.4, -0.2) is 29.3 Å². The van der Waals surface area contributed by atoms with Gasteiger partial charge in [0.15, 0.2) is 0 Å². The first-order chi connectivity index (χ1) is 13.6. The van der Waals surface area contributed by atoms with Crippen LogP contribution in [0.4, 0.5) is 0 Å². The number of amides is 2. The van der Waals surface area contributed by atoms with E-state index in [0.29, 0.717) is 25.9 Å². The molecule has 28 heavy (non-hydrogen) atoms. The monoisotopic (exact) mass is 372 g/mol. The van der Waals surface area contributed by atoms with Crippen molar-refractivity contribution in [2.45, 2.75) is 32.4 Å². The van der Waals surface area contributed by atoms with Crippen molar-refractivity contribution in [3.8, 4) is 0 Å². The second-order valence-corrected chi connectivity index (χ2v) is 7.54. The van der Waals surface area contributed by atoms with Gasteiger partial charge in [-0.1, -0.05) is 72.3 Å². The molecule has 1 fully saturated rings. The molecule has 2 amide bonds. The lowest BCUT2D eigenvalue weighted by atomic mass is 10.0. The quantitative estimate of drug-likeness (QED) is 0.744. The van der Waals surface area contributed by atoms with Crippen molar-refractivity contribution in [2.75, 3.05) is 6.54 Å². The number of carbonyl (C=O) groups excluding carboxylic acids is 2. The molecule has 0 aliphatic carbocycles. The summed E-state index contributed by atoms with van der Waals surface area (Å²) in [5.41, 5.74) is 3.30. The molecule has 4 heteroatoms. The predicted molar refractivity (Wildman–Crippen MR) is 111 cm³/mol. The summed E-state index contributed by atoms with van der Waals surface area (Å²) in [5, 5.41) is 5.37. The van der Waals surface area contributed by atoms with E-state index in [0.717, 1.165) is 11.1 Å². The van der Waals surface area contributed by atoms with Crippen LogP contribution < -0.4 is 5.32 Å². The van der Waals surface area contributed by atoms with E-state index in [4.69, 9.17) is 0 Å². The number of carbonyl (C=O) groups is 2. The number of hydrogen-bond acceptors (Lipinski definition) is 2. The lowest BCUT2D eigenvalue weighted by molar-refractivity contribution is -0.128. The van der Waals surface area contributed by atoms with Crippen LogP contribution in [0.15, 0.2) is 66.7 Å². The van der Waals surface area contributed by atoms with Gasteiger partial charge in [-0.3, -0.25) is 9.59 Å². The zero-order valence-corrected chi connectivity index (χ0v) is 16.0. The van der Waals surface area contributed by atoms with Gasteiger partial charge in [0.1, 0.15) is 0 Å². The van der Waals surface area contributed by atoms with E-state index in [1.54, 1.807) is 0 Å². The van der Waals surface area contributed by atoms with E-state index in [-0.39, 0.29) is 17.9 Å². The number of nitrogens with zero attached hydrogens (tertiary/aromatic N) is 1. The molecule has 1 N–H and O–H groups in total. The fourth-order valence-corrected chi connectivity index (χ4v) is 3.83. The topological polar surface area (TPSA) is 49.4 Å². The van der Waals surface area contributed by atoms with Gasteiger partial charge in [0, 0.05) is 19.5 Å². The maximum absolute atomic E-state index is 12.5. The van der Waals surface area contributed by atoms with Gasteiger partial charge in [0.2, 0.25) is 11.8 Å². The van der Waals surface area contributed by atoms with E-state index in [1.807, 2.05) is 54.3 Å². The molecule has 0 radical (unpaired) electrons. The first-order valence-electron chi connectivity index (χ1n) is 9.68. The zero-order valence-electron chi connectivity index (χ0n) is 16.0. The maximum atomic E-state index is 12.5. The fourth-order valence-electron chi connectivity index (χ4n) is 3.83. The first-order valence-corrected chi connectivity index (χ1v) is 9.68. The summed E-state index contributed by atoms with van der Waals surface area (Å²) in [7, 11) is 0. The van der Waals surface area contributed by atoms with Gasteiger partial charge in [-0.15, -0.1) is 0 Å². The summed E-state index contributed by atoms with van der Waals surface area (Å²) < 4.78 is 0. The summed E-state index contributed by atoms with van der Waals surface area (Å²) in [5.74, 6) is 0.0576. The van der Waals surface area contributed by atoms with Crippen LogP contribution in [0.25, 0.3) is 10.8 Å². The van der Waals surface area contributed by atoms with Crippen molar-refractivity contribution < 1.29 is 9.59 Å². The molecule has 1 aliphatic rings. The van der Waals surface area contributed by atoms with Gasteiger partial charge >= 0.3 is 0 Å². The average molecular weight is 372 g/mol. The number of nitrogens with one attached hydrogen (secondary N) is 1. The Morgan fingerprint density at radius 3 is 2.61 bits per heavy atom. The minimum absolute atomic E-state index is 0.0336. The molecule has 0 bridgehead atoms. The molecular weight excluding hydrogens is 348 g/mol. The van der Waals surface area contributed by atoms with Gasteiger partial charge in [-0.05, 0) is 28.8 Å². The summed E-state index contributed by atoms with van der Waals surface area (Å²) >= 11 is 0. The highest BCUT2D eigenvalue weighted by atomic mass is 16.2. The van der Waals surface area contributed by atoms with Crippen LogP contribution in [0.5, 0.6) is 0 Å². The maximum Gasteiger partial charge on any atom is 0.225 e. The molecule has 0 saturated carbocycles. The lowest BCUT2D eigenvalue weighted by Crippen LogP contribution is -2.37. The molecule has 1 aliphatic heterocycles. The molecule has 0 aromatic heterocycles. The van der Waals surface area contributed by atoms with E-state index in [1.165, 1.54) is 16.3 Å². The standard InChI is InChI=1S/C24H24N2O2/c1-17-9-11-18(12-10-17)13-23(27)25-21-14-24(28)26(16-21)15-20-7-4-6-19-5-2-3-8-22(19)20/h2-12,21H,13-16H2,1H3,(H,25,27)/t21-/m0/s1. The van der Waals surface area contributed by atoms with E-state index < -0.39 is 0 Å². The Labute approximate surface area is 165 Å². The smallest absolute Gasteiger partial charge is 0.225 e. The van der Waals surface area contributed by atoms with Gasteiger partial charge in [-0.2, -0.15) is 0 Å². The molecule has 1 atom stereocenters. The van der Waals surface area contributed by atoms with Crippen LogP contribution in [0.3, 0.4) is 0 Å². The molecule has 3 aromatic rings. The van der Waals surface area contributed by atoms with Gasteiger partial charge in [-0.25, -0.2) is 0 Å². The Bertz CT molecular complexity index is 1010. The molecule has 0 unspecified atom stereocenters. The summed E-state index contributed by atoms with van der Waals surface area (Å²) in [6.45, 7) is 3.16. The van der Waals surface area contributed by atoms with Crippen molar-refractivity contribution in [3.63, 3.8) is 0 Å². The van der Waals surface area contributed by atoms with Crippen LogP contribution >= 0.6 is 0 Å². The molecule has 4 nitrogen and oxygen atoms in total. The Morgan fingerprint density at radius 1 is 1.04 bits per heavy atom. The van der Waals surface area contributed by atoms with Crippen molar-refractivity contribution in [3.05, 3.63) is 83.4 Å². The molecule has 0 spiro atoms.